The molecule has 1 fully saturated rings. The number of nitrogens with zero attached hydrogens (tertiary/aromatic N) is 1. The van der Waals surface area contributed by atoms with Gasteiger partial charge in [-0.3, -0.25) is 4.90 Å². The molecule has 0 saturated carbocycles. The highest BCUT2D eigenvalue weighted by Crippen LogP contribution is 2.24. The minimum Gasteiger partial charge on any atom is -0.329 e. The summed E-state index contributed by atoms with van der Waals surface area (Å²) < 4.78 is 0. The minimum absolute atomic E-state index is 0.604. The summed E-state index contributed by atoms with van der Waals surface area (Å²) in [5.74, 6) is 0.895. The third-order valence-corrected chi connectivity index (χ3v) is 4.33. The average Bonchev–Trinajstić information content (AvgIpc) is 2.46. The van der Waals surface area contributed by atoms with E-state index in [0.29, 0.717) is 6.04 Å². The summed E-state index contributed by atoms with van der Waals surface area (Å²) in [6.07, 6.45) is 5.10. The van der Waals surface area contributed by atoms with E-state index in [1.165, 1.54) is 31.4 Å². The van der Waals surface area contributed by atoms with E-state index >= 15 is 0 Å². The van der Waals surface area contributed by atoms with Crippen LogP contribution in [0.2, 0.25) is 0 Å². The molecule has 2 N–H and O–H groups in total. The van der Waals surface area contributed by atoms with Crippen molar-refractivity contribution >= 4 is 0 Å². The van der Waals surface area contributed by atoms with Gasteiger partial charge >= 0.3 is 0 Å². The van der Waals surface area contributed by atoms with Crippen LogP contribution in [-0.4, -0.2) is 30.6 Å². The second-order valence-corrected chi connectivity index (χ2v) is 5.46. The van der Waals surface area contributed by atoms with Crippen molar-refractivity contribution in [1.82, 2.24) is 4.90 Å². The molecule has 2 rings (SSSR count). The summed E-state index contributed by atoms with van der Waals surface area (Å²) in [7, 11) is 0. The summed E-state index contributed by atoms with van der Waals surface area (Å²) in [5.41, 5.74) is 7.37. The van der Waals surface area contributed by atoms with Crippen LogP contribution in [0.25, 0.3) is 0 Å². The Hall–Kier alpha value is -0.860. The van der Waals surface area contributed by atoms with Gasteiger partial charge in [0.25, 0.3) is 0 Å². The van der Waals surface area contributed by atoms with E-state index in [1.54, 1.807) is 0 Å². The Morgan fingerprint density at radius 2 is 2.06 bits per heavy atom. The Labute approximate surface area is 111 Å². The van der Waals surface area contributed by atoms with Crippen molar-refractivity contribution in [2.24, 2.45) is 11.7 Å². The van der Waals surface area contributed by atoms with Gasteiger partial charge in [-0.2, -0.15) is 0 Å². The fraction of sp³-hybridized carbons (Fsp3) is 0.625. The largest absolute Gasteiger partial charge is 0.329 e. The van der Waals surface area contributed by atoms with Crippen molar-refractivity contribution in [2.75, 3.05) is 19.6 Å². The fourth-order valence-electron chi connectivity index (χ4n) is 3.01. The van der Waals surface area contributed by atoms with Gasteiger partial charge in [0.05, 0.1) is 0 Å². The van der Waals surface area contributed by atoms with Gasteiger partial charge in [-0.1, -0.05) is 43.7 Å². The van der Waals surface area contributed by atoms with Gasteiger partial charge in [0.1, 0.15) is 0 Å². The number of rotatable bonds is 5. The van der Waals surface area contributed by atoms with Crippen molar-refractivity contribution in [3.8, 4) is 0 Å². The molecule has 0 aliphatic carbocycles. The molecule has 18 heavy (non-hydrogen) atoms. The molecule has 1 aromatic rings. The van der Waals surface area contributed by atoms with Crippen LogP contribution in [0.15, 0.2) is 30.3 Å². The lowest BCUT2D eigenvalue weighted by Gasteiger charge is -2.38. The summed E-state index contributed by atoms with van der Waals surface area (Å²) in [5, 5.41) is 0. The van der Waals surface area contributed by atoms with E-state index < -0.39 is 0 Å². The van der Waals surface area contributed by atoms with E-state index in [1.807, 2.05) is 0 Å². The molecule has 1 aromatic carbocycles. The van der Waals surface area contributed by atoms with Gasteiger partial charge in [0, 0.05) is 19.1 Å². The second-order valence-electron chi connectivity index (χ2n) is 5.46. The second kappa shape index (κ2) is 6.91. The molecular formula is C16H26N2. The molecule has 0 aromatic heterocycles. The summed E-state index contributed by atoms with van der Waals surface area (Å²) >= 11 is 0. The van der Waals surface area contributed by atoms with Crippen LogP contribution in [0, 0.1) is 5.92 Å². The molecule has 0 radical (unpaired) electrons. The first-order valence-electron chi connectivity index (χ1n) is 7.31. The quantitative estimate of drug-likeness (QED) is 0.865. The van der Waals surface area contributed by atoms with Crippen LogP contribution in [0.5, 0.6) is 0 Å². The maximum absolute atomic E-state index is 5.94. The van der Waals surface area contributed by atoms with Gasteiger partial charge in [-0.05, 0) is 37.3 Å². The molecule has 2 heteroatoms. The third-order valence-electron chi connectivity index (χ3n) is 4.33. The standard InChI is InChI=1S/C16H26N2/c1-2-14-8-10-18(16(12-14)13-17)11-9-15-6-4-3-5-7-15/h3-7,14,16H,2,8-13,17H2,1H3. The number of piperidine rings is 1. The average molecular weight is 246 g/mol. The maximum Gasteiger partial charge on any atom is 0.0221 e. The topological polar surface area (TPSA) is 29.3 Å². The van der Waals surface area contributed by atoms with Gasteiger partial charge < -0.3 is 5.73 Å². The molecule has 1 aliphatic rings. The summed E-state index contributed by atoms with van der Waals surface area (Å²) in [6.45, 7) is 5.50. The third kappa shape index (κ3) is 3.56. The van der Waals surface area contributed by atoms with Gasteiger partial charge in [0.2, 0.25) is 0 Å². The Balaban J connectivity index is 1.85. The summed E-state index contributed by atoms with van der Waals surface area (Å²) in [6, 6.07) is 11.4. The zero-order chi connectivity index (χ0) is 12.8. The highest BCUT2D eigenvalue weighted by atomic mass is 15.2. The molecule has 1 saturated heterocycles. The van der Waals surface area contributed by atoms with E-state index in [-0.39, 0.29) is 0 Å². The Kier molecular flexibility index (Phi) is 5.21. The number of nitrogens with two attached hydrogens (primary N) is 1. The van der Waals surface area contributed by atoms with E-state index in [2.05, 4.69) is 42.2 Å². The van der Waals surface area contributed by atoms with Crippen LogP contribution in [0.3, 0.4) is 0 Å². The van der Waals surface area contributed by atoms with Crippen molar-refractivity contribution in [1.29, 1.82) is 0 Å². The number of likely N-dealkylation sites (tertiary alicyclic amines) is 1. The number of hydrogen-bond donors (Lipinski definition) is 1. The van der Waals surface area contributed by atoms with Crippen LogP contribution in [0.1, 0.15) is 31.7 Å². The monoisotopic (exact) mass is 246 g/mol. The van der Waals surface area contributed by atoms with E-state index in [9.17, 15) is 0 Å². The van der Waals surface area contributed by atoms with Crippen molar-refractivity contribution in [3.63, 3.8) is 0 Å². The Bertz CT molecular complexity index is 336. The predicted molar refractivity (Wildman–Crippen MR) is 77.6 cm³/mol. The summed E-state index contributed by atoms with van der Waals surface area (Å²) in [4.78, 5) is 2.60. The number of hydrogen-bond acceptors (Lipinski definition) is 2. The fourth-order valence-corrected chi connectivity index (χ4v) is 3.01. The normalized spacial score (nSPS) is 25.2. The molecule has 2 nitrogen and oxygen atoms in total. The van der Waals surface area contributed by atoms with E-state index in [0.717, 1.165) is 25.4 Å². The van der Waals surface area contributed by atoms with Crippen molar-refractivity contribution in [3.05, 3.63) is 35.9 Å². The van der Waals surface area contributed by atoms with Gasteiger partial charge in [-0.25, -0.2) is 0 Å². The Morgan fingerprint density at radius 1 is 1.28 bits per heavy atom. The van der Waals surface area contributed by atoms with Crippen LogP contribution in [-0.2, 0) is 6.42 Å². The predicted octanol–water partition coefficient (Wildman–Crippen LogP) is 2.68. The van der Waals surface area contributed by atoms with Crippen LogP contribution < -0.4 is 5.73 Å². The maximum atomic E-state index is 5.94. The molecule has 1 aliphatic heterocycles. The zero-order valence-corrected chi connectivity index (χ0v) is 11.5. The zero-order valence-electron chi connectivity index (χ0n) is 11.5. The molecule has 2 atom stereocenters. The van der Waals surface area contributed by atoms with Gasteiger partial charge in [-0.15, -0.1) is 0 Å². The van der Waals surface area contributed by atoms with Gasteiger partial charge in [0.15, 0.2) is 0 Å². The minimum atomic E-state index is 0.604. The molecule has 100 valence electrons. The van der Waals surface area contributed by atoms with Crippen LogP contribution in [0.4, 0.5) is 0 Å². The lowest BCUT2D eigenvalue weighted by atomic mass is 9.88. The molecule has 0 spiro atoms. The lowest BCUT2D eigenvalue weighted by molar-refractivity contribution is 0.116. The highest BCUT2D eigenvalue weighted by molar-refractivity contribution is 5.14. The van der Waals surface area contributed by atoms with Crippen molar-refractivity contribution < 1.29 is 0 Å². The molecule has 1 heterocycles. The SMILES string of the molecule is CCC1CCN(CCc2ccccc2)C(CN)C1. The highest BCUT2D eigenvalue weighted by Gasteiger charge is 2.25. The first-order chi connectivity index (χ1) is 8.83. The van der Waals surface area contributed by atoms with E-state index in [4.69, 9.17) is 5.73 Å². The smallest absolute Gasteiger partial charge is 0.0221 e. The first-order valence-corrected chi connectivity index (χ1v) is 7.31. The number of benzene rings is 1. The van der Waals surface area contributed by atoms with Crippen LogP contribution >= 0.6 is 0 Å². The lowest BCUT2D eigenvalue weighted by Crippen LogP contribution is -2.47. The Morgan fingerprint density at radius 3 is 2.72 bits per heavy atom. The molecule has 0 amide bonds. The molecular weight excluding hydrogens is 220 g/mol. The van der Waals surface area contributed by atoms with Crippen molar-refractivity contribution in [2.45, 2.75) is 38.6 Å². The molecule has 2 unspecified atom stereocenters. The first kappa shape index (κ1) is 13.6. The molecule has 0 bridgehead atoms.